The van der Waals surface area contributed by atoms with Crippen LogP contribution in [0.2, 0.25) is 0 Å². The topological polar surface area (TPSA) is 120 Å². The average Bonchev–Trinajstić information content (AvgIpc) is 3.09. The van der Waals surface area contributed by atoms with Gasteiger partial charge in [-0.15, -0.1) is 0 Å². The Balaban J connectivity index is 1.76. The van der Waals surface area contributed by atoms with E-state index in [0.717, 1.165) is 30.3 Å². The van der Waals surface area contributed by atoms with Crippen LogP contribution in [0.15, 0.2) is 33.4 Å². The number of benzene rings is 1. The van der Waals surface area contributed by atoms with Crippen molar-refractivity contribution in [1.82, 2.24) is 9.55 Å². The molecule has 0 radical (unpaired) electrons. The number of carbonyl (C=O) groups is 1. The molecule has 1 aromatic carbocycles. The van der Waals surface area contributed by atoms with Crippen LogP contribution in [0.4, 0.5) is 0 Å². The van der Waals surface area contributed by atoms with E-state index in [0.29, 0.717) is 17.7 Å². The summed E-state index contributed by atoms with van der Waals surface area (Å²) in [6.45, 7) is 0.208. The number of aromatic hydroxyl groups is 1. The highest BCUT2D eigenvalue weighted by Crippen LogP contribution is 2.44. The summed E-state index contributed by atoms with van der Waals surface area (Å²) in [5, 5.41) is 10.9. The molecule has 2 heterocycles. The number of fused-ring (bicyclic) bond motifs is 1. The molecule has 1 aliphatic carbocycles. The van der Waals surface area contributed by atoms with Gasteiger partial charge in [0.05, 0.1) is 14.2 Å². The van der Waals surface area contributed by atoms with Gasteiger partial charge < -0.3 is 19.3 Å². The molecular formula is C22H24N2O7. The molecular weight excluding hydrogens is 404 g/mol. The zero-order valence-corrected chi connectivity index (χ0v) is 17.4. The summed E-state index contributed by atoms with van der Waals surface area (Å²) >= 11 is 0. The Kier molecular flexibility index (Phi) is 5.58. The number of aromatic amines is 1. The standard InChI is InChI=1S/C22H24N2O7/c1-29-14-9-8-13-15(18(14)30-2)21(27)31-17(13)16-19(25)23-22(28)24(20(16)26)11-10-12-6-4-3-5-7-12/h6,8-9,17,26H,3-5,7,10-11H2,1-2H3,(H,23,25,28)/t17-/m0/s1. The number of hydrogen-bond acceptors (Lipinski definition) is 7. The summed E-state index contributed by atoms with van der Waals surface area (Å²) in [6, 6.07) is 3.16. The Labute approximate surface area is 177 Å². The first-order chi connectivity index (χ1) is 15.0. The van der Waals surface area contributed by atoms with Crippen LogP contribution in [0.1, 0.15) is 59.7 Å². The minimum Gasteiger partial charge on any atom is -0.494 e. The zero-order valence-electron chi connectivity index (χ0n) is 17.4. The summed E-state index contributed by atoms with van der Waals surface area (Å²) in [4.78, 5) is 39.8. The van der Waals surface area contributed by atoms with Crippen molar-refractivity contribution in [2.45, 2.75) is 44.8 Å². The predicted molar refractivity (Wildman–Crippen MR) is 111 cm³/mol. The third-order valence-corrected chi connectivity index (χ3v) is 5.80. The van der Waals surface area contributed by atoms with E-state index in [4.69, 9.17) is 14.2 Å². The van der Waals surface area contributed by atoms with Gasteiger partial charge in [-0.3, -0.25) is 14.3 Å². The van der Waals surface area contributed by atoms with Crippen molar-refractivity contribution in [2.24, 2.45) is 0 Å². The van der Waals surface area contributed by atoms with Crippen LogP contribution in [0.5, 0.6) is 17.4 Å². The lowest BCUT2D eigenvalue weighted by Gasteiger charge is -2.17. The van der Waals surface area contributed by atoms with Gasteiger partial charge in [0.25, 0.3) is 5.56 Å². The molecule has 164 valence electrons. The maximum Gasteiger partial charge on any atom is 0.343 e. The number of rotatable bonds is 6. The number of allylic oxidation sites excluding steroid dienone is 2. The fraction of sp³-hybridized carbons (Fsp3) is 0.409. The second-order valence-electron chi connectivity index (χ2n) is 7.56. The largest absolute Gasteiger partial charge is 0.494 e. The summed E-state index contributed by atoms with van der Waals surface area (Å²) in [5.74, 6) is -0.700. The number of nitrogens with one attached hydrogen (secondary N) is 1. The van der Waals surface area contributed by atoms with Crippen LogP contribution in [0.3, 0.4) is 0 Å². The second-order valence-corrected chi connectivity index (χ2v) is 7.56. The van der Waals surface area contributed by atoms with Crippen molar-refractivity contribution >= 4 is 5.97 Å². The van der Waals surface area contributed by atoms with E-state index in [9.17, 15) is 19.5 Å². The van der Waals surface area contributed by atoms with Gasteiger partial charge in [-0.05, 0) is 38.2 Å². The Bertz CT molecular complexity index is 1180. The van der Waals surface area contributed by atoms with Gasteiger partial charge in [0.15, 0.2) is 17.6 Å². The van der Waals surface area contributed by atoms with Gasteiger partial charge in [-0.2, -0.15) is 0 Å². The quantitative estimate of drug-likeness (QED) is 0.535. The monoisotopic (exact) mass is 428 g/mol. The van der Waals surface area contributed by atoms with Crippen LogP contribution < -0.4 is 20.7 Å². The Morgan fingerprint density at radius 3 is 2.68 bits per heavy atom. The predicted octanol–water partition coefficient (Wildman–Crippen LogP) is 2.41. The highest BCUT2D eigenvalue weighted by Gasteiger charge is 2.40. The number of methoxy groups -OCH3 is 2. The molecule has 1 aliphatic heterocycles. The highest BCUT2D eigenvalue weighted by molar-refractivity contribution is 5.98. The van der Waals surface area contributed by atoms with E-state index in [1.807, 2.05) is 0 Å². The minimum atomic E-state index is -1.17. The zero-order chi connectivity index (χ0) is 22.1. The van der Waals surface area contributed by atoms with E-state index < -0.39 is 29.2 Å². The molecule has 0 fully saturated rings. The van der Waals surface area contributed by atoms with Gasteiger partial charge in [0.1, 0.15) is 11.1 Å². The summed E-state index contributed by atoms with van der Waals surface area (Å²) in [6.07, 6.45) is 5.79. The van der Waals surface area contributed by atoms with Crippen LogP contribution in [0.25, 0.3) is 0 Å². The molecule has 1 atom stereocenters. The number of carbonyl (C=O) groups excluding carboxylic acids is 1. The Morgan fingerprint density at radius 2 is 2.00 bits per heavy atom. The molecule has 9 heteroatoms. The van der Waals surface area contributed by atoms with Crippen molar-refractivity contribution < 1.29 is 24.1 Å². The smallest absolute Gasteiger partial charge is 0.343 e. The molecule has 9 nitrogen and oxygen atoms in total. The molecule has 0 saturated carbocycles. The fourth-order valence-corrected chi connectivity index (χ4v) is 4.22. The molecule has 0 saturated heterocycles. The van der Waals surface area contributed by atoms with Crippen molar-refractivity contribution in [3.05, 3.63) is 61.3 Å². The number of aromatic nitrogens is 2. The molecule has 2 N–H and O–H groups in total. The molecule has 0 unspecified atom stereocenters. The number of H-pyrrole nitrogens is 1. The lowest BCUT2D eigenvalue weighted by Crippen LogP contribution is -2.33. The third kappa shape index (κ3) is 3.60. The second kappa shape index (κ2) is 8.33. The first-order valence-corrected chi connectivity index (χ1v) is 10.2. The van der Waals surface area contributed by atoms with Crippen molar-refractivity contribution in [3.63, 3.8) is 0 Å². The summed E-state index contributed by atoms with van der Waals surface area (Å²) in [7, 11) is 2.83. The molecule has 2 aromatic rings. The van der Waals surface area contributed by atoms with Crippen LogP contribution in [-0.2, 0) is 11.3 Å². The third-order valence-electron chi connectivity index (χ3n) is 5.80. The Morgan fingerprint density at radius 1 is 1.19 bits per heavy atom. The molecule has 4 rings (SSSR count). The lowest BCUT2D eigenvalue weighted by atomic mass is 9.97. The number of ether oxygens (including phenoxy) is 3. The molecule has 2 aliphatic rings. The SMILES string of the molecule is COc1ccc2c(c1OC)C(=O)O[C@@H]2c1c(O)n(CCC2=CCCCC2)c(=O)[nH]c1=O. The van der Waals surface area contributed by atoms with E-state index in [-0.39, 0.29) is 23.4 Å². The van der Waals surface area contributed by atoms with Crippen molar-refractivity contribution in [1.29, 1.82) is 0 Å². The van der Waals surface area contributed by atoms with Gasteiger partial charge in [0.2, 0.25) is 5.88 Å². The van der Waals surface area contributed by atoms with Gasteiger partial charge in [0, 0.05) is 12.1 Å². The first kappa shape index (κ1) is 20.8. The van der Waals surface area contributed by atoms with E-state index >= 15 is 0 Å². The van der Waals surface area contributed by atoms with Crippen molar-refractivity contribution in [2.75, 3.05) is 14.2 Å². The van der Waals surface area contributed by atoms with Crippen LogP contribution in [0, 0.1) is 0 Å². The molecule has 31 heavy (non-hydrogen) atoms. The van der Waals surface area contributed by atoms with Crippen molar-refractivity contribution in [3.8, 4) is 17.4 Å². The molecule has 0 amide bonds. The summed E-state index contributed by atoms with van der Waals surface area (Å²) in [5.41, 5.74) is -0.0219. The average molecular weight is 428 g/mol. The number of cyclic esters (lactones) is 1. The number of nitrogens with zero attached hydrogens (tertiary/aromatic N) is 1. The maximum atomic E-state index is 12.6. The van der Waals surface area contributed by atoms with Gasteiger partial charge in [-0.1, -0.05) is 17.7 Å². The number of esters is 1. The first-order valence-electron chi connectivity index (χ1n) is 10.2. The minimum absolute atomic E-state index is 0.121. The molecule has 0 spiro atoms. The van der Waals surface area contributed by atoms with Gasteiger partial charge in [-0.25, -0.2) is 9.59 Å². The van der Waals surface area contributed by atoms with Gasteiger partial charge >= 0.3 is 11.7 Å². The van der Waals surface area contributed by atoms with E-state index in [1.165, 1.54) is 19.8 Å². The molecule has 0 bridgehead atoms. The summed E-state index contributed by atoms with van der Waals surface area (Å²) < 4.78 is 17.1. The fourth-order valence-electron chi connectivity index (χ4n) is 4.22. The lowest BCUT2D eigenvalue weighted by molar-refractivity contribution is 0.0446. The normalized spacial score (nSPS) is 17.7. The molecule has 1 aromatic heterocycles. The Hall–Kier alpha value is -3.49. The maximum absolute atomic E-state index is 12.6. The highest BCUT2D eigenvalue weighted by atomic mass is 16.6. The van der Waals surface area contributed by atoms with Crippen LogP contribution in [-0.4, -0.2) is 34.8 Å². The van der Waals surface area contributed by atoms with Crippen LogP contribution >= 0.6 is 0 Å². The number of hydrogen-bond donors (Lipinski definition) is 2. The van der Waals surface area contributed by atoms with E-state index in [1.54, 1.807) is 12.1 Å². The van der Waals surface area contributed by atoms with E-state index in [2.05, 4.69) is 11.1 Å².